The Kier molecular flexibility index (Phi) is 3.07. The van der Waals surface area contributed by atoms with Crippen LogP contribution in [0.1, 0.15) is 20.3 Å². The van der Waals surface area contributed by atoms with Gasteiger partial charge in [-0.15, -0.1) is 11.6 Å². The van der Waals surface area contributed by atoms with Crippen molar-refractivity contribution in [3.63, 3.8) is 0 Å². The van der Waals surface area contributed by atoms with Gasteiger partial charge in [-0.25, -0.2) is 4.39 Å². The lowest BCUT2D eigenvalue weighted by Gasteiger charge is -2.13. The van der Waals surface area contributed by atoms with Crippen molar-refractivity contribution in [1.29, 1.82) is 0 Å². The van der Waals surface area contributed by atoms with Gasteiger partial charge in [0.05, 0.1) is 0 Å². The van der Waals surface area contributed by atoms with Crippen LogP contribution < -0.4 is 0 Å². The SMILES string of the molecule is CC(C)(Cl)CC(F)Cl. The highest BCUT2D eigenvalue weighted by molar-refractivity contribution is 6.25. The number of rotatable bonds is 2. The average molecular weight is 159 g/mol. The maximum atomic E-state index is 11.9. The molecule has 0 N–H and O–H groups in total. The van der Waals surface area contributed by atoms with E-state index >= 15 is 0 Å². The first-order valence-electron chi connectivity index (χ1n) is 2.39. The Morgan fingerprint density at radius 1 is 1.62 bits per heavy atom. The molecule has 0 saturated carbocycles. The van der Waals surface area contributed by atoms with E-state index < -0.39 is 10.5 Å². The predicted molar refractivity (Wildman–Crippen MR) is 35.3 cm³/mol. The minimum atomic E-state index is -1.32. The fraction of sp³-hybridized carbons (Fsp3) is 1.00. The molecule has 0 spiro atoms. The number of hydrogen-bond acceptors (Lipinski definition) is 0. The van der Waals surface area contributed by atoms with E-state index in [-0.39, 0.29) is 6.42 Å². The van der Waals surface area contributed by atoms with E-state index in [1.165, 1.54) is 0 Å². The largest absolute Gasteiger partial charge is 0.230 e. The highest BCUT2D eigenvalue weighted by atomic mass is 35.5. The van der Waals surface area contributed by atoms with Gasteiger partial charge in [0.2, 0.25) is 0 Å². The first-order chi connectivity index (χ1) is 3.42. The molecule has 1 atom stereocenters. The molecule has 0 amide bonds. The smallest absolute Gasteiger partial charge is 0.175 e. The van der Waals surface area contributed by atoms with Crippen molar-refractivity contribution in [2.75, 3.05) is 0 Å². The molecule has 50 valence electrons. The van der Waals surface area contributed by atoms with E-state index in [0.29, 0.717) is 0 Å². The third-order valence-electron chi connectivity index (χ3n) is 0.640. The van der Waals surface area contributed by atoms with Crippen LogP contribution in [0.25, 0.3) is 0 Å². The van der Waals surface area contributed by atoms with Gasteiger partial charge in [0, 0.05) is 11.3 Å². The Hall–Kier alpha value is 0.510. The maximum Gasteiger partial charge on any atom is 0.175 e. The monoisotopic (exact) mass is 158 g/mol. The minimum Gasteiger partial charge on any atom is -0.230 e. The lowest BCUT2D eigenvalue weighted by atomic mass is 10.1. The molecule has 0 saturated heterocycles. The van der Waals surface area contributed by atoms with Crippen molar-refractivity contribution in [1.82, 2.24) is 0 Å². The van der Waals surface area contributed by atoms with Crippen LogP contribution in [0.5, 0.6) is 0 Å². The normalized spacial score (nSPS) is 16.1. The van der Waals surface area contributed by atoms with E-state index in [0.717, 1.165) is 0 Å². The summed E-state index contributed by atoms with van der Waals surface area (Å²) in [5, 5.41) is 0. The molecule has 0 aliphatic rings. The van der Waals surface area contributed by atoms with E-state index in [1.54, 1.807) is 13.8 Å². The zero-order valence-corrected chi connectivity index (χ0v) is 6.43. The lowest BCUT2D eigenvalue weighted by molar-refractivity contribution is 0.388. The third kappa shape index (κ3) is 6.51. The fourth-order valence-corrected chi connectivity index (χ4v) is 0.967. The molecule has 0 fully saturated rings. The van der Waals surface area contributed by atoms with E-state index in [1.807, 2.05) is 0 Å². The molecule has 0 aromatic rings. The molecular formula is C5H9Cl2F. The molecule has 0 nitrogen and oxygen atoms in total. The van der Waals surface area contributed by atoms with Crippen molar-refractivity contribution in [3.05, 3.63) is 0 Å². The van der Waals surface area contributed by atoms with E-state index in [9.17, 15) is 4.39 Å². The second-order valence-electron chi connectivity index (χ2n) is 2.31. The van der Waals surface area contributed by atoms with Crippen molar-refractivity contribution >= 4 is 23.2 Å². The van der Waals surface area contributed by atoms with Gasteiger partial charge in [-0.1, -0.05) is 11.6 Å². The van der Waals surface area contributed by atoms with Crippen molar-refractivity contribution in [2.24, 2.45) is 0 Å². The van der Waals surface area contributed by atoms with Crippen molar-refractivity contribution < 1.29 is 4.39 Å². The molecule has 0 bridgehead atoms. The summed E-state index contributed by atoms with van der Waals surface area (Å²) in [7, 11) is 0. The number of halogens is 3. The van der Waals surface area contributed by atoms with Crippen LogP contribution in [0.2, 0.25) is 0 Å². The van der Waals surface area contributed by atoms with Crippen LogP contribution in [0.4, 0.5) is 4.39 Å². The van der Waals surface area contributed by atoms with E-state index in [4.69, 9.17) is 23.2 Å². The third-order valence-corrected chi connectivity index (χ3v) is 0.948. The van der Waals surface area contributed by atoms with Gasteiger partial charge in [0.1, 0.15) is 0 Å². The Labute approximate surface area is 59.0 Å². The molecule has 0 aromatic heterocycles. The Bertz CT molecular complexity index is 65.3. The van der Waals surface area contributed by atoms with Crippen LogP contribution in [0, 0.1) is 0 Å². The highest BCUT2D eigenvalue weighted by Crippen LogP contribution is 2.22. The number of alkyl halides is 3. The van der Waals surface area contributed by atoms with Gasteiger partial charge in [-0.2, -0.15) is 0 Å². The lowest BCUT2D eigenvalue weighted by Crippen LogP contribution is -2.13. The first-order valence-corrected chi connectivity index (χ1v) is 3.20. The standard InChI is InChI=1S/C5H9Cl2F/c1-5(2,7)3-4(6)8/h4H,3H2,1-2H3. The van der Waals surface area contributed by atoms with Gasteiger partial charge in [-0.05, 0) is 13.8 Å². The Balaban J connectivity index is 3.39. The second-order valence-corrected chi connectivity index (χ2v) is 3.81. The Morgan fingerprint density at radius 3 is 2.00 bits per heavy atom. The van der Waals surface area contributed by atoms with Crippen LogP contribution >= 0.6 is 23.2 Å². The van der Waals surface area contributed by atoms with Crippen LogP contribution in [0.15, 0.2) is 0 Å². The predicted octanol–water partition coefficient (Wildman–Crippen LogP) is 2.93. The Morgan fingerprint density at radius 2 is 2.00 bits per heavy atom. The summed E-state index contributed by atoms with van der Waals surface area (Å²) in [4.78, 5) is -0.513. The molecule has 0 aromatic carbocycles. The van der Waals surface area contributed by atoms with Gasteiger partial charge < -0.3 is 0 Å². The average Bonchev–Trinajstić information content (AvgIpc) is 1.21. The van der Waals surface area contributed by atoms with Gasteiger partial charge in [0.25, 0.3) is 0 Å². The molecular weight excluding hydrogens is 150 g/mol. The van der Waals surface area contributed by atoms with E-state index in [2.05, 4.69) is 0 Å². The van der Waals surface area contributed by atoms with Gasteiger partial charge >= 0.3 is 0 Å². The first kappa shape index (κ1) is 8.51. The molecule has 0 heterocycles. The summed E-state index contributed by atoms with van der Waals surface area (Å²) in [5.41, 5.74) is -1.32. The number of hydrogen-bond donors (Lipinski definition) is 0. The summed E-state index contributed by atoms with van der Waals surface area (Å²) < 4.78 is 11.9. The molecule has 3 heteroatoms. The highest BCUT2D eigenvalue weighted by Gasteiger charge is 2.17. The zero-order chi connectivity index (χ0) is 6.78. The summed E-state index contributed by atoms with van der Waals surface area (Å²) in [5.74, 6) is 0. The molecule has 0 aliphatic heterocycles. The molecule has 0 aliphatic carbocycles. The topological polar surface area (TPSA) is 0 Å². The molecule has 1 unspecified atom stereocenters. The fourth-order valence-electron chi connectivity index (χ4n) is 0.367. The van der Waals surface area contributed by atoms with Crippen molar-refractivity contribution in [2.45, 2.75) is 30.8 Å². The molecule has 0 radical (unpaired) electrons. The van der Waals surface area contributed by atoms with Crippen LogP contribution in [0.3, 0.4) is 0 Å². The summed E-state index contributed by atoms with van der Waals surface area (Å²) >= 11 is 10.6. The molecule has 8 heavy (non-hydrogen) atoms. The summed E-state index contributed by atoms with van der Waals surface area (Å²) in [6.45, 7) is 3.45. The quantitative estimate of drug-likeness (QED) is 0.543. The van der Waals surface area contributed by atoms with Crippen molar-refractivity contribution in [3.8, 4) is 0 Å². The van der Waals surface area contributed by atoms with Crippen LogP contribution in [-0.2, 0) is 0 Å². The van der Waals surface area contributed by atoms with Gasteiger partial charge in [0.15, 0.2) is 5.63 Å². The zero-order valence-electron chi connectivity index (χ0n) is 4.92. The van der Waals surface area contributed by atoms with Crippen LogP contribution in [-0.4, -0.2) is 10.5 Å². The second kappa shape index (κ2) is 2.88. The van der Waals surface area contributed by atoms with Gasteiger partial charge in [-0.3, -0.25) is 0 Å². The molecule has 0 rings (SSSR count). The summed E-state index contributed by atoms with van der Waals surface area (Å²) in [6.07, 6.45) is 0.191. The maximum absolute atomic E-state index is 11.9. The minimum absolute atomic E-state index is 0.191. The summed E-state index contributed by atoms with van der Waals surface area (Å²) in [6, 6.07) is 0.